The van der Waals surface area contributed by atoms with E-state index in [1.54, 1.807) is 14.0 Å². The highest BCUT2D eigenvalue weighted by atomic mass is 79.9. The van der Waals surface area contributed by atoms with Gasteiger partial charge in [-0.1, -0.05) is 34.1 Å². The highest BCUT2D eigenvalue weighted by molar-refractivity contribution is 9.10. The maximum atomic E-state index is 11.1. The van der Waals surface area contributed by atoms with Crippen LogP contribution in [0.3, 0.4) is 0 Å². The monoisotopic (exact) mass is 334 g/mol. The van der Waals surface area contributed by atoms with Crippen molar-refractivity contribution in [1.82, 2.24) is 0 Å². The average Bonchev–Trinajstić information content (AvgIpc) is 2.37. The Morgan fingerprint density at radius 2 is 1.85 bits per heavy atom. The number of methoxy groups -OCH3 is 1. The minimum absolute atomic E-state index is 0.715. The first kappa shape index (κ1) is 15.1. The molecular weight excluding hydrogens is 316 g/mol. The van der Waals surface area contributed by atoms with Crippen molar-refractivity contribution in [2.45, 2.75) is 26.4 Å². The van der Waals surface area contributed by atoms with Crippen LogP contribution in [-0.2, 0) is 5.60 Å². The van der Waals surface area contributed by atoms with Crippen molar-refractivity contribution in [2.75, 3.05) is 7.11 Å². The fourth-order valence-corrected chi connectivity index (χ4v) is 3.05. The van der Waals surface area contributed by atoms with Gasteiger partial charge in [-0.05, 0) is 55.7 Å². The molecule has 0 aliphatic heterocycles. The number of aliphatic hydroxyl groups is 1. The summed E-state index contributed by atoms with van der Waals surface area (Å²) < 4.78 is 6.42. The van der Waals surface area contributed by atoms with Crippen molar-refractivity contribution < 1.29 is 9.84 Å². The molecule has 0 fully saturated rings. The number of halogens is 1. The van der Waals surface area contributed by atoms with E-state index in [1.165, 1.54) is 0 Å². The van der Waals surface area contributed by atoms with Gasteiger partial charge in [-0.2, -0.15) is 0 Å². The molecule has 3 heteroatoms. The van der Waals surface area contributed by atoms with Crippen molar-refractivity contribution in [3.8, 4) is 5.75 Å². The van der Waals surface area contributed by atoms with Crippen LogP contribution >= 0.6 is 15.9 Å². The summed E-state index contributed by atoms with van der Waals surface area (Å²) in [5.41, 5.74) is 2.67. The maximum Gasteiger partial charge on any atom is 0.125 e. The van der Waals surface area contributed by atoms with Crippen LogP contribution in [0.5, 0.6) is 5.75 Å². The SMILES string of the molecule is COc1cc(C)cc(C)c1C(C)(O)c1cccc(Br)c1. The van der Waals surface area contributed by atoms with Gasteiger partial charge in [0.15, 0.2) is 0 Å². The zero-order valence-corrected chi connectivity index (χ0v) is 13.8. The summed E-state index contributed by atoms with van der Waals surface area (Å²) in [5, 5.41) is 11.1. The van der Waals surface area contributed by atoms with Crippen molar-refractivity contribution >= 4 is 15.9 Å². The van der Waals surface area contributed by atoms with Crippen LogP contribution in [0.15, 0.2) is 40.9 Å². The first-order valence-corrected chi connectivity index (χ1v) is 7.29. The molecular formula is C17H19BrO2. The van der Waals surface area contributed by atoms with Gasteiger partial charge in [-0.15, -0.1) is 0 Å². The predicted octanol–water partition coefficient (Wildman–Crippen LogP) is 4.33. The van der Waals surface area contributed by atoms with E-state index in [2.05, 4.69) is 22.0 Å². The molecule has 20 heavy (non-hydrogen) atoms. The lowest BCUT2D eigenvalue weighted by Gasteiger charge is -2.28. The number of hydrogen-bond donors (Lipinski definition) is 1. The Labute approximate surface area is 128 Å². The van der Waals surface area contributed by atoms with Gasteiger partial charge in [0.2, 0.25) is 0 Å². The lowest BCUT2D eigenvalue weighted by molar-refractivity contribution is 0.0981. The molecule has 1 atom stereocenters. The van der Waals surface area contributed by atoms with Gasteiger partial charge < -0.3 is 9.84 Å². The molecule has 1 N–H and O–H groups in total. The van der Waals surface area contributed by atoms with Gasteiger partial charge in [0.05, 0.1) is 7.11 Å². The van der Waals surface area contributed by atoms with E-state index < -0.39 is 5.60 Å². The molecule has 106 valence electrons. The molecule has 2 rings (SSSR count). The van der Waals surface area contributed by atoms with Gasteiger partial charge in [0.25, 0.3) is 0 Å². The lowest BCUT2D eigenvalue weighted by atomic mass is 9.84. The van der Waals surface area contributed by atoms with E-state index in [0.717, 1.165) is 26.7 Å². The van der Waals surface area contributed by atoms with E-state index >= 15 is 0 Å². The topological polar surface area (TPSA) is 29.5 Å². The first-order valence-electron chi connectivity index (χ1n) is 6.50. The molecule has 2 nitrogen and oxygen atoms in total. The Morgan fingerprint density at radius 3 is 2.45 bits per heavy atom. The van der Waals surface area contributed by atoms with Crippen molar-refractivity contribution in [3.05, 3.63) is 63.1 Å². The molecule has 0 bridgehead atoms. The third-order valence-corrected chi connectivity index (χ3v) is 4.03. The zero-order chi connectivity index (χ0) is 14.9. The van der Waals surface area contributed by atoms with Crippen LogP contribution in [0.2, 0.25) is 0 Å². The largest absolute Gasteiger partial charge is 0.496 e. The van der Waals surface area contributed by atoms with Gasteiger partial charge in [-0.25, -0.2) is 0 Å². The number of ether oxygens (including phenoxy) is 1. The zero-order valence-electron chi connectivity index (χ0n) is 12.2. The van der Waals surface area contributed by atoms with Crippen molar-refractivity contribution in [3.63, 3.8) is 0 Å². The predicted molar refractivity (Wildman–Crippen MR) is 85.3 cm³/mol. The summed E-state index contributed by atoms with van der Waals surface area (Å²) in [7, 11) is 1.63. The molecule has 1 unspecified atom stereocenters. The molecule has 0 spiro atoms. The van der Waals surface area contributed by atoms with Crippen LogP contribution in [-0.4, -0.2) is 12.2 Å². The summed E-state index contributed by atoms with van der Waals surface area (Å²) >= 11 is 3.45. The van der Waals surface area contributed by atoms with Crippen LogP contribution in [0.1, 0.15) is 29.2 Å². The summed E-state index contributed by atoms with van der Waals surface area (Å²) in [6, 6.07) is 11.7. The Bertz CT molecular complexity index is 633. The van der Waals surface area contributed by atoms with Crippen molar-refractivity contribution in [1.29, 1.82) is 0 Å². The van der Waals surface area contributed by atoms with E-state index in [0.29, 0.717) is 5.75 Å². The number of rotatable bonds is 3. The second-order valence-electron chi connectivity index (χ2n) is 5.24. The molecule has 0 amide bonds. The molecule has 0 saturated carbocycles. The van der Waals surface area contributed by atoms with E-state index in [4.69, 9.17) is 4.74 Å². The smallest absolute Gasteiger partial charge is 0.125 e. The van der Waals surface area contributed by atoms with Crippen LogP contribution in [0, 0.1) is 13.8 Å². The number of benzene rings is 2. The second-order valence-corrected chi connectivity index (χ2v) is 6.16. The summed E-state index contributed by atoms with van der Waals surface area (Å²) in [6.45, 7) is 5.82. The van der Waals surface area contributed by atoms with Crippen molar-refractivity contribution in [2.24, 2.45) is 0 Å². The van der Waals surface area contributed by atoms with Gasteiger partial charge in [0.1, 0.15) is 11.4 Å². The quantitative estimate of drug-likeness (QED) is 0.905. The summed E-state index contributed by atoms with van der Waals surface area (Å²) in [4.78, 5) is 0. The Hall–Kier alpha value is -1.32. The van der Waals surface area contributed by atoms with Gasteiger partial charge in [0, 0.05) is 10.0 Å². The standard InChI is InChI=1S/C17H19BrO2/c1-11-8-12(2)16(15(9-11)20-4)17(3,19)13-6-5-7-14(18)10-13/h5-10,19H,1-4H3. The molecule has 0 aromatic heterocycles. The molecule has 0 aliphatic rings. The third kappa shape index (κ3) is 2.74. The number of hydrogen-bond acceptors (Lipinski definition) is 2. The Kier molecular flexibility index (Phi) is 4.21. The average molecular weight is 335 g/mol. The summed E-state index contributed by atoms with van der Waals surface area (Å²) in [5.74, 6) is 0.715. The first-order chi connectivity index (χ1) is 9.36. The highest BCUT2D eigenvalue weighted by Gasteiger charge is 2.31. The fourth-order valence-electron chi connectivity index (χ4n) is 2.65. The lowest BCUT2D eigenvalue weighted by Crippen LogP contribution is -2.25. The highest BCUT2D eigenvalue weighted by Crippen LogP contribution is 2.39. The summed E-state index contributed by atoms with van der Waals surface area (Å²) in [6.07, 6.45) is 0. The van der Waals surface area contributed by atoms with Gasteiger partial charge in [-0.3, -0.25) is 0 Å². The van der Waals surface area contributed by atoms with E-state index in [9.17, 15) is 5.11 Å². The fraction of sp³-hybridized carbons (Fsp3) is 0.294. The van der Waals surface area contributed by atoms with E-state index in [1.807, 2.05) is 44.2 Å². The normalized spacial score (nSPS) is 13.9. The third-order valence-electron chi connectivity index (χ3n) is 3.54. The molecule has 0 radical (unpaired) electrons. The molecule has 2 aromatic rings. The van der Waals surface area contributed by atoms with E-state index in [-0.39, 0.29) is 0 Å². The minimum atomic E-state index is -1.10. The van der Waals surface area contributed by atoms with Crippen LogP contribution in [0.4, 0.5) is 0 Å². The molecule has 0 saturated heterocycles. The maximum absolute atomic E-state index is 11.1. The van der Waals surface area contributed by atoms with Crippen LogP contribution < -0.4 is 4.74 Å². The molecule has 2 aromatic carbocycles. The molecule has 0 aliphatic carbocycles. The second kappa shape index (κ2) is 5.58. The van der Waals surface area contributed by atoms with Crippen LogP contribution in [0.25, 0.3) is 0 Å². The Balaban J connectivity index is 2.65. The number of aryl methyl sites for hydroxylation is 2. The Morgan fingerprint density at radius 1 is 1.15 bits per heavy atom. The van der Waals surface area contributed by atoms with Gasteiger partial charge >= 0.3 is 0 Å². The minimum Gasteiger partial charge on any atom is -0.496 e. The molecule has 0 heterocycles.